The van der Waals surface area contributed by atoms with Crippen LogP contribution in [0.2, 0.25) is 15.9 Å². The Morgan fingerprint density at radius 1 is 0.426 bits per heavy atom. The van der Waals surface area contributed by atoms with Crippen LogP contribution in [0.5, 0.6) is 34.9 Å². The second kappa shape index (κ2) is 18.0. The molecule has 3 heterocycles. The molecule has 3 aromatic heterocycles. The monoisotopic (exact) mass is 830 g/mol. The van der Waals surface area contributed by atoms with Crippen molar-refractivity contribution in [3.8, 4) is 34.9 Å². The Kier molecular flexibility index (Phi) is 13.7. The lowest BCUT2D eigenvalue weighted by Crippen LogP contribution is -2.04. The SMILES string of the molecule is Cc1c(F)c(F)c(F)c(Oc2ccnc(Cl)n2)c1F.Fc1cc(F)c(F)c(Oc2ccnc(Cl)n2)c1F.Fc1cc(F)c(Oc2ccnc(Cl)n2)c(F)c1. The molecule has 0 atom stereocenters. The minimum Gasteiger partial charge on any atom is -0.433 e. The summed E-state index contributed by atoms with van der Waals surface area (Å²) in [6.07, 6.45) is 3.58. The normalized spacial score (nSPS) is 10.5. The van der Waals surface area contributed by atoms with Gasteiger partial charge in [-0.3, -0.25) is 0 Å². The minimum atomic E-state index is -1.82. The Balaban J connectivity index is 0.000000181. The van der Waals surface area contributed by atoms with E-state index >= 15 is 0 Å². The third-order valence-electron chi connectivity index (χ3n) is 5.90. The van der Waals surface area contributed by atoms with Gasteiger partial charge in [-0.1, -0.05) is 0 Å². The number of benzene rings is 3. The van der Waals surface area contributed by atoms with Crippen LogP contribution in [0.15, 0.2) is 55.0 Å². The van der Waals surface area contributed by atoms with Gasteiger partial charge in [-0.15, -0.1) is 0 Å². The number of nitrogens with zero attached hydrogens (tertiary/aromatic N) is 6. The molecular weight excluding hydrogens is 820 g/mol. The highest BCUT2D eigenvalue weighted by molar-refractivity contribution is 6.28. The molecule has 0 saturated heterocycles. The zero-order valence-electron chi connectivity index (χ0n) is 25.9. The fourth-order valence-corrected chi connectivity index (χ4v) is 3.94. The summed E-state index contributed by atoms with van der Waals surface area (Å²) in [6.45, 7) is 0.951. The number of hydrogen-bond donors (Lipinski definition) is 0. The van der Waals surface area contributed by atoms with Crippen LogP contribution in [0.4, 0.5) is 48.3 Å². The van der Waals surface area contributed by atoms with Crippen molar-refractivity contribution in [1.82, 2.24) is 29.9 Å². The fourth-order valence-electron chi connectivity index (χ4n) is 3.52. The fraction of sp³-hybridized carbons (Fsp3) is 0.0323. The van der Waals surface area contributed by atoms with Crippen molar-refractivity contribution in [1.29, 1.82) is 0 Å². The zero-order valence-corrected chi connectivity index (χ0v) is 28.2. The lowest BCUT2D eigenvalue weighted by atomic mass is 10.2. The molecule has 6 aromatic rings. The molecule has 0 amide bonds. The number of rotatable bonds is 6. The lowest BCUT2D eigenvalue weighted by Gasteiger charge is -2.10. The molecule has 54 heavy (non-hydrogen) atoms. The molecule has 282 valence electrons. The van der Waals surface area contributed by atoms with E-state index in [2.05, 4.69) is 34.6 Å². The first kappa shape index (κ1) is 41.2. The average molecular weight is 832 g/mol. The number of halogens is 14. The van der Waals surface area contributed by atoms with E-state index in [0.29, 0.717) is 12.1 Å². The zero-order chi connectivity index (χ0) is 39.9. The van der Waals surface area contributed by atoms with Crippen LogP contribution in [-0.2, 0) is 0 Å². The Bertz CT molecular complexity index is 2250. The van der Waals surface area contributed by atoms with Crippen molar-refractivity contribution in [2.24, 2.45) is 0 Å². The van der Waals surface area contributed by atoms with Crippen LogP contribution < -0.4 is 14.2 Å². The van der Waals surface area contributed by atoms with Crippen LogP contribution in [0.3, 0.4) is 0 Å². The second-order valence-corrected chi connectivity index (χ2v) is 10.5. The summed E-state index contributed by atoms with van der Waals surface area (Å²) in [7, 11) is 0. The summed E-state index contributed by atoms with van der Waals surface area (Å²) in [6, 6.07) is 4.61. The summed E-state index contributed by atoms with van der Waals surface area (Å²) >= 11 is 16.3. The molecule has 0 saturated carbocycles. The molecule has 0 unspecified atom stereocenters. The maximum Gasteiger partial charge on any atom is 0.225 e. The van der Waals surface area contributed by atoms with E-state index in [9.17, 15) is 48.3 Å². The van der Waals surface area contributed by atoms with Crippen molar-refractivity contribution in [2.75, 3.05) is 0 Å². The first-order valence-corrected chi connectivity index (χ1v) is 14.9. The third-order valence-corrected chi connectivity index (χ3v) is 6.45. The highest BCUT2D eigenvalue weighted by Gasteiger charge is 2.25. The van der Waals surface area contributed by atoms with Gasteiger partial charge in [-0.05, 0) is 41.7 Å². The topological polar surface area (TPSA) is 105 Å². The van der Waals surface area contributed by atoms with Crippen LogP contribution >= 0.6 is 34.8 Å². The van der Waals surface area contributed by atoms with E-state index in [-0.39, 0.29) is 39.6 Å². The summed E-state index contributed by atoms with van der Waals surface area (Å²) in [5.41, 5.74) is -0.700. The van der Waals surface area contributed by atoms with Gasteiger partial charge < -0.3 is 14.2 Å². The van der Waals surface area contributed by atoms with Gasteiger partial charge in [0.25, 0.3) is 0 Å². The summed E-state index contributed by atoms with van der Waals surface area (Å²) in [5.74, 6) is -20.3. The maximum absolute atomic E-state index is 13.6. The van der Waals surface area contributed by atoms with Crippen molar-refractivity contribution < 1.29 is 62.5 Å². The van der Waals surface area contributed by atoms with E-state index in [1.807, 2.05) is 0 Å². The molecule has 0 aliphatic carbocycles. The van der Waals surface area contributed by atoms with Crippen molar-refractivity contribution in [2.45, 2.75) is 6.92 Å². The van der Waals surface area contributed by atoms with Gasteiger partial charge in [0.15, 0.2) is 40.7 Å². The molecule has 9 nitrogen and oxygen atoms in total. The van der Waals surface area contributed by atoms with Crippen LogP contribution in [0, 0.1) is 70.9 Å². The van der Waals surface area contributed by atoms with Crippen LogP contribution in [0.1, 0.15) is 5.56 Å². The van der Waals surface area contributed by atoms with E-state index in [0.717, 1.165) is 25.3 Å². The molecule has 6 rings (SSSR count). The Hall–Kier alpha value is -5.60. The molecule has 23 heteroatoms. The standard InChI is InChI=1S/C11H5ClF4N2O.C10H3ClF4N2O.C10H4ClF3N2O/c1-4-6(13)8(15)9(16)10(7(4)14)19-5-2-3-17-11(12)18-5;11-10-16-2-1-6(17-10)18-9-7(14)4(12)3-5(13)8(9)15;11-10-15-2-1-8(16-10)17-9-6(13)3-5(12)4-7(9)14/h2-3H,1H3;1-3H;1-4H. The summed E-state index contributed by atoms with van der Waals surface area (Å²) in [4.78, 5) is 21.2. The van der Waals surface area contributed by atoms with E-state index in [1.54, 1.807) is 0 Å². The van der Waals surface area contributed by atoms with Crippen molar-refractivity contribution in [3.63, 3.8) is 0 Å². The quantitative estimate of drug-likeness (QED) is 0.0702. The molecule has 0 radical (unpaired) electrons. The molecule has 0 bridgehead atoms. The Labute approximate surface area is 308 Å². The lowest BCUT2D eigenvalue weighted by molar-refractivity contribution is 0.356. The number of ether oxygens (including phenoxy) is 3. The first-order chi connectivity index (χ1) is 25.5. The largest absolute Gasteiger partial charge is 0.433 e. The number of aromatic nitrogens is 6. The smallest absolute Gasteiger partial charge is 0.225 e. The minimum absolute atomic E-state index is 0.0739. The highest BCUT2D eigenvalue weighted by atomic mass is 35.5. The summed E-state index contributed by atoms with van der Waals surface area (Å²) in [5, 5.41) is -0.603. The van der Waals surface area contributed by atoms with Gasteiger partial charge in [0, 0.05) is 60.6 Å². The molecular formula is C31H12Cl3F11N6O3. The predicted molar refractivity (Wildman–Crippen MR) is 165 cm³/mol. The van der Waals surface area contributed by atoms with Gasteiger partial charge in [0.05, 0.1) is 0 Å². The first-order valence-electron chi connectivity index (χ1n) is 13.8. The van der Waals surface area contributed by atoms with Gasteiger partial charge in [0.1, 0.15) is 5.82 Å². The Morgan fingerprint density at radius 3 is 1.19 bits per heavy atom. The Morgan fingerprint density at radius 2 is 0.796 bits per heavy atom. The van der Waals surface area contributed by atoms with E-state index in [1.165, 1.54) is 18.5 Å². The number of hydrogen-bond acceptors (Lipinski definition) is 9. The van der Waals surface area contributed by atoms with E-state index in [4.69, 9.17) is 44.3 Å². The molecule has 0 aliphatic heterocycles. The average Bonchev–Trinajstić information content (AvgIpc) is 3.11. The van der Waals surface area contributed by atoms with Gasteiger partial charge >= 0.3 is 0 Å². The molecule has 0 spiro atoms. The van der Waals surface area contributed by atoms with Crippen LogP contribution in [0.25, 0.3) is 0 Å². The van der Waals surface area contributed by atoms with Crippen LogP contribution in [-0.4, -0.2) is 29.9 Å². The van der Waals surface area contributed by atoms with Gasteiger partial charge in [0.2, 0.25) is 68.2 Å². The predicted octanol–water partition coefficient (Wildman–Crippen LogP) is 10.6. The molecule has 0 fully saturated rings. The maximum atomic E-state index is 13.6. The van der Waals surface area contributed by atoms with E-state index < -0.39 is 86.8 Å². The summed E-state index contributed by atoms with van der Waals surface area (Å²) < 4.78 is 159. The molecule has 3 aromatic carbocycles. The van der Waals surface area contributed by atoms with Crippen molar-refractivity contribution >= 4 is 34.8 Å². The second-order valence-electron chi connectivity index (χ2n) is 9.50. The van der Waals surface area contributed by atoms with Gasteiger partial charge in [-0.2, -0.15) is 28.1 Å². The third kappa shape index (κ3) is 10.3. The van der Waals surface area contributed by atoms with Gasteiger partial charge in [-0.25, -0.2) is 50.1 Å². The molecule has 0 aliphatic rings. The highest BCUT2D eigenvalue weighted by Crippen LogP contribution is 2.33. The molecule has 0 N–H and O–H groups in total. The van der Waals surface area contributed by atoms with Crippen molar-refractivity contribution in [3.05, 3.63) is 140 Å².